The molecular formula is C28H30N6O2. The monoisotopic (exact) mass is 482 g/mol. The van der Waals surface area contributed by atoms with E-state index < -0.39 is 0 Å². The van der Waals surface area contributed by atoms with Crippen LogP contribution in [0.4, 0.5) is 16.4 Å². The molecule has 1 fully saturated rings. The van der Waals surface area contributed by atoms with Gasteiger partial charge < -0.3 is 19.4 Å². The van der Waals surface area contributed by atoms with Gasteiger partial charge in [-0.15, -0.1) is 5.10 Å². The van der Waals surface area contributed by atoms with Gasteiger partial charge in [0.25, 0.3) is 0 Å². The third-order valence-corrected chi connectivity index (χ3v) is 6.40. The second-order valence-corrected chi connectivity index (χ2v) is 9.13. The molecule has 2 aromatic heterocycles. The van der Waals surface area contributed by atoms with Gasteiger partial charge in [0.1, 0.15) is 12.4 Å². The molecule has 0 atom stereocenters. The van der Waals surface area contributed by atoms with E-state index >= 15 is 0 Å². The summed E-state index contributed by atoms with van der Waals surface area (Å²) in [7, 11) is 3.33. The van der Waals surface area contributed by atoms with Gasteiger partial charge in [-0.25, -0.2) is 9.78 Å². The first-order valence-electron chi connectivity index (χ1n) is 12.2. The fourth-order valence-electron chi connectivity index (χ4n) is 4.41. The van der Waals surface area contributed by atoms with Gasteiger partial charge >= 0.3 is 6.09 Å². The number of hydrogen-bond donors (Lipinski definition) is 0. The highest BCUT2D eigenvalue weighted by Gasteiger charge is 2.22. The summed E-state index contributed by atoms with van der Waals surface area (Å²) >= 11 is 0. The topological polar surface area (TPSA) is 74.7 Å². The van der Waals surface area contributed by atoms with Crippen molar-refractivity contribution in [2.45, 2.75) is 13.0 Å². The summed E-state index contributed by atoms with van der Waals surface area (Å²) in [4.78, 5) is 22.2. The van der Waals surface area contributed by atoms with Crippen LogP contribution in [0.5, 0.6) is 0 Å². The number of hydrogen-bond acceptors (Lipinski definition) is 7. The highest BCUT2D eigenvalue weighted by molar-refractivity contribution is 5.93. The van der Waals surface area contributed by atoms with Crippen molar-refractivity contribution in [1.82, 2.24) is 20.1 Å². The number of benzene rings is 2. The Kier molecular flexibility index (Phi) is 6.93. The number of nitrogens with zero attached hydrogens (tertiary/aromatic N) is 6. The Balaban J connectivity index is 1.25. The van der Waals surface area contributed by atoms with Crippen LogP contribution in [0.1, 0.15) is 16.8 Å². The van der Waals surface area contributed by atoms with Crippen molar-refractivity contribution < 1.29 is 9.53 Å². The summed E-state index contributed by atoms with van der Waals surface area (Å²) in [6, 6.07) is 22.8. The van der Waals surface area contributed by atoms with Crippen LogP contribution in [0, 0.1) is 0 Å². The lowest BCUT2D eigenvalue weighted by Gasteiger charge is -2.36. The number of anilines is 2. The van der Waals surface area contributed by atoms with Crippen molar-refractivity contribution in [1.29, 1.82) is 0 Å². The van der Waals surface area contributed by atoms with Crippen LogP contribution in [0.3, 0.4) is 0 Å². The summed E-state index contributed by atoms with van der Waals surface area (Å²) in [6.07, 6.45) is 2.17. The Morgan fingerprint density at radius 3 is 2.22 bits per heavy atom. The molecule has 1 aliphatic heterocycles. The molecule has 8 heteroatoms. The van der Waals surface area contributed by atoms with E-state index in [1.165, 1.54) is 10.5 Å². The van der Waals surface area contributed by atoms with Gasteiger partial charge in [0, 0.05) is 69.2 Å². The van der Waals surface area contributed by atoms with Crippen LogP contribution in [0.15, 0.2) is 72.9 Å². The molecule has 0 spiro atoms. The average Bonchev–Trinajstić information content (AvgIpc) is 2.93. The van der Waals surface area contributed by atoms with Gasteiger partial charge in [-0.05, 0) is 11.6 Å². The Labute approximate surface area is 211 Å². The van der Waals surface area contributed by atoms with E-state index in [-0.39, 0.29) is 12.7 Å². The Bertz CT molecular complexity index is 1320. The molecule has 0 N–H and O–H groups in total. The lowest BCUT2D eigenvalue weighted by molar-refractivity contribution is 0.112. The summed E-state index contributed by atoms with van der Waals surface area (Å²) in [5.74, 6) is 1.86. The Morgan fingerprint density at radius 2 is 1.53 bits per heavy atom. The lowest BCUT2D eigenvalue weighted by Crippen LogP contribution is -2.47. The fourth-order valence-corrected chi connectivity index (χ4v) is 4.41. The highest BCUT2D eigenvalue weighted by Crippen LogP contribution is 2.28. The molecule has 0 bridgehead atoms. The summed E-state index contributed by atoms with van der Waals surface area (Å²) in [5.41, 5.74) is 3.09. The van der Waals surface area contributed by atoms with Gasteiger partial charge in [0.05, 0.1) is 5.69 Å². The normalized spacial score (nSPS) is 13.6. The molecule has 8 nitrogen and oxygen atoms in total. The van der Waals surface area contributed by atoms with Crippen LogP contribution in [0.25, 0.3) is 10.8 Å². The van der Waals surface area contributed by atoms with Crippen molar-refractivity contribution in [2.75, 3.05) is 50.1 Å². The third-order valence-electron chi connectivity index (χ3n) is 6.40. The number of ether oxygens (including phenoxy) is 1. The minimum Gasteiger partial charge on any atom is -0.444 e. The molecule has 1 saturated heterocycles. The van der Waals surface area contributed by atoms with Gasteiger partial charge in [0.15, 0.2) is 5.82 Å². The molecule has 36 heavy (non-hydrogen) atoms. The van der Waals surface area contributed by atoms with Crippen LogP contribution in [0.2, 0.25) is 0 Å². The molecule has 2 aromatic carbocycles. The lowest BCUT2D eigenvalue weighted by atomic mass is 10.0. The predicted molar refractivity (Wildman–Crippen MR) is 141 cm³/mol. The van der Waals surface area contributed by atoms with Gasteiger partial charge in [-0.3, -0.25) is 0 Å². The molecule has 3 heterocycles. The maximum absolute atomic E-state index is 11.6. The second kappa shape index (κ2) is 10.6. The molecule has 184 valence electrons. The van der Waals surface area contributed by atoms with Crippen LogP contribution >= 0.6 is 0 Å². The van der Waals surface area contributed by atoms with Crippen molar-refractivity contribution >= 4 is 28.5 Å². The number of piperazine rings is 1. The maximum atomic E-state index is 11.6. The quantitative estimate of drug-likeness (QED) is 0.409. The highest BCUT2D eigenvalue weighted by atomic mass is 16.6. The Morgan fingerprint density at radius 1 is 0.833 bits per heavy atom. The van der Waals surface area contributed by atoms with Crippen LogP contribution < -0.4 is 9.80 Å². The number of rotatable bonds is 6. The summed E-state index contributed by atoms with van der Waals surface area (Å²) in [6.45, 7) is 3.55. The van der Waals surface area contributed by atoms with E-state index in [0.29, 0.717) is 0 Å². The van der Waals surface area contributed by atoms with Gasteiger partial charge in [0.2, 0.25) is 0 Å². The number of fused-ring (bicyclic) bond motifs is 1. The molecule has 0 aliphatic carbocycles. The second-order valence-electron chi connectivity index (χ2n) is 9.13. The van der Waals surface area contributed by atoms with Crippen molar-refractivity contribution in [3.63, 3.8) is 0 Å². The smallest absolute Gasteiger partial charge is 0.409 e. The molecule has 1 amide bonds. The average molecular weight is 483 g/mol. The molecule has 0 radical (unpaired) electrons. The molecule has 0 saturated carbocycles. The zero-order valence-electron chi connectivity index (χ0n) is 20.7. The third kappa shape index (κ3) is 5.22. The molecule has 5 rings (SSSR count). The van der Waals surface area contributed by atoms with Crippen molar-refractivity contribution in [3.8, 4) is 0 Å². The minimum atomic E-state index is -0.362. The number of carbonyl (C=O) groups excluding carboxylic acids is 1. The first-order chi connectivity index (χ1) is 17.6. The van der Waals surface area contributed by atoms with Gasteiger partial charge in [-0.1, -0.05) is 60.7 Å². The van der Waals surface area contributed by atoms with E-state index in [9.17, 15) is 4.79 Å². The number of carbonyl (C=O) groups is 1. The van der Waals surface area contributed by atoms with E-state index in [4.69, 9.17) is 4.74 Å². The fraction of sp³-hybridized carbons (Fsp3) is 0.286. The minimum absolute atomic E-state index is 0.212. The molecule has 4 aromatic rings. The van der Waals surface area contributed by atoms with E-state index in [0.717, 1.165) is 66.3 Å². The largest absolute Gasteiger partial charge is 0.444 e. The molecule has 1 aliphatic rings. The SMILES string of the molecule is CN(C)C(=O)OCc1ccc(N2CCN(c3nnc(Cc4ccccc4)c4ccccc34)CC2)nc1. The maximum Gasteiger partial charge on any atom is 0.409 e. The number of amides is 1. The van der Waals surface area contributed by atoms with Crippen LogP contribution in [-0.2, 0) is 17.8 Å². The Hall–Kier alpha value is -4.20. The number of aromatic nitrogens is 3. The zero-order valence-corrected chi connectivity index (χ0v) is 20.7. The predicted octanol–water partition coefficient (Wildman–Crippen LogP) is 4.14. The van der Waals surface area contributed by atoms with Gasteiger partial charge in [-0.2, -0.15) is 5.10 Å². The standard InChI is InChI=1S/C28H30N6O2/c1-32(2)28(35)36-20-22-12-13-26(29-19-22)33-14-16-34(17-15-33)27-24-11-7-6-10-23(24)25(30-31-27)18-21-8-4-3-5-9-21/h3-13,19H,14-18,20H2,1-2H3. The van der Waals surface area contributed by atoms with E-state index in [2.05, 4.69) is 73.5 Å². The van der Waals surface area contributed by atoms with E-state index in [1.807, 2.05) is 18.2 Å². The van der Waals surface area contributed by atoms with Crippen molar-refractivity contribution in [3.05, 3.63) is 89.7 Å². The first kappa shape index (κ1) is 23.5. The molecular weight excluding hydrogens is 452 g/mol. The summed E-state index contributed by atoms with van der Waals surface area (Å²) < 4.78 is 5.23. The summed E-state index contributed by atoms with van der Waals surface area (Å²) in [5, 5.41) is 11.6. The van der Waals surface area contributed by atoms with Crippen LogP contribution in [-0.4, -0.2) is 66.4 Å². The van der Waals surface area contributed by atoms with Crippen molar-refractivity contribution in [2.24, 2.45) is 0 Å². The molecule has 0 unspecified atom stereocenters. The zero-order chi connectivity index (χ0) is 24.9. The first-order valence-corrected chi connectivity index (χ1v) is 12.2. The number of pyridine rings is 1. The van der Waals surface area contributed by atoms with E-state index in [1.54, 1.807) is 20.3 Å².